The fourth-order valence-corrected chi connectivity index (χ4v) is 7.71. The molecule has 1 aromatic heterocycles. The number of nitrogens with zero attached hydrogens (tertiary/aromatic N) is 3. The highest BCUT2D eigenvalue weighted by Gasteiger charge is 2.43. The van der Waals surface area contributed by atoms with E-state index in [0.29, 0.717) is 9.73 Å². The number of imide groups is 1. The summed E-state index contributed by atoms with van der Waals surface area (Å²) >= 11 is 0. The lowest BCUT2D eigenvalue weighted by Gasteiger charge is -2.23. The quantitative estimate of drug-likeness (QED) is 0.0534. The van der Waals surface area contributed by atoms with E-state index < -0.39 is 73.4 Å². The van der Waals surface area contributed by atoms with Gasteiger partial charge in [-0.3, -0.25) is 38.1 Å². The zero-order chi connectivity index (χ0) is 33.5. The number of hydroxylamine groups is 2. The Hall–Kier alpha value is -2.12. The van der Waals surface area contributed by atoms with Crippen molar-refractivity contribution < 1.29 is 81.0 Å². The van der Waals surface area contributed by atoms with Gasteiger partial charge >= 0.3 is 36.6 Å². The molecule has 1 aliphatic heterocycles. The summed E-state index contributed by atoms with van der Waals surface area (Å²) in [5.74, 6) is -1.36. The number of aromatic nitrogens is 1. The Balaban J connectivity index is 2.10. The Morgan fingerprint density at radius 1 is 1.00 bits per heavy atom. The van der Waals surface area contributed by atoms with Crippen molar-refractivity contribution in [3.63, 3.8) is 0 Å². The monoisotopic (exact) mass is 713 g/mol. The van der Waals surface area contributed by atoms with Crippen molar-refractivity contribution in [1.29, 1.82) is 0 Å². The van der Waals surface area contributed by atoms with Crippen LogP contribution in [0, 0.1) is 0 Å². The van der Waals surface area contributed by atoms with Gasteiger partial charge in [0.15, 0.2) is 0 Å². The van der Waals surface area contributed by atoms with Gasteiger partial charge in [0.05, 0.1) is 24.6 Å². The third-order valence-corrected chi connectivity index (χ3v) is 11.2. The van der Waals surface area contributed by atoms with E-state index in [4.69, 9.17) is 19.0 Å². The van der Waals surface area contributed by atoms with Crippen molar-refractivity contribution in [3.8, 4) is 5.75 Å². The Bertz CT molecular complexity index is 1370. The second kappa shape index (κ2) is 15.4. The van der Waals surface area contributed by atoms with E-state index in [1.807, 2.05) is 5.32 Å². The van der Waals surface area contributed by atoms with Gasteiger partial charge in [0, 0.05) is 38.1 Å². The van der Waals surface area contributed by atoms with Gasteiger partial charge in [-0.1, -0.05) is 0 Å². The first-order chi connectivity index (χ1) is 20.1. The zero-order valence-corrected chi connectivity index (χ0v) is 26.3. The van der Waals surface area contributed by atoms with Crippen molar-refractivity contribution in [2.75, 3.05) is 26.5 Å². The summed E-state index contributed by atoms with van der Waals surface area (Å²) in [5, 5.41) is 4.65. The zero-order valence-electron chi connectivity index (χ0n) is 22.7. The van der Waals surface area contributed by atoms with Crippen LogP contribution in [0.15, 0.2) is 12.1 Å². The molecule has 26 heteroatoms. The van der Waals surface area contributed by atoms with Gasteiger partial charge < -0.3 is 49.1 Å². The molecule has 9 N–H and O–H groups in total. The van der Waals surface area contributed by atoms with Gasteiger partial charge in [-0.2, -0.15) is 4.67 Å². The predicted octanol–water partition coefficient (Wildman–Crippen LogP) is -0.947. The number of carbonyl (C=O) groups is 3. The molecular weight excluding hydrogens is 682 g/mol. The molecular formula is C18H31N5O17P4. The van der Waals surface area contributed by atoms with Gasteiger partial charge in [0.1, 0.15) is 12.0 Å². The van der Waals surface area contributed by atoms with E-state index in [0.717, 1.165) is 7.05 Å². The molecule has 0 radical (unpaired) electrons. The lowest BCUT2D eigenvalue weighted by atomic mass is 10.3. The summed E-state index contributed by atoms with van der Waals surface area (Å²) in [6.45, 7) is -1.58. The fourth-order valence-electron chi connectivity index (χ4n) is 3.32. The topological polar surface area (TPSA) is 332 Å². The molecule has 0 bridgehead atoms. The summed E-state index contributed by atoms with van der Waals surface area (Å²) in [7, 11) is -19.3. The molecule has 1 atom stereocenters. The van der Waals surface area contributed by atoms with Crippen molar-refractivity contribution in [2.45, 2.75) is 37.9 Å². The Morgan fingerprint density at radius 3 is 2.11 bits per heavy atom. The van der Waals surface area contributed by atoms with Gasteiger partial charge in [0.25, 0.3) is 11.8 Å². The van der Waals surface area contributed by atoms with Crippen molar-refractivity contribution in [3.05, 3.63) is 23.5 Å². The molecule has 0 saturated carbocycles. The van der Waals surface area contributed by atoms with Crippen molar-refractivity contribution in [2.24, 2.45) is 0 Å². The third-order valence-electron chi connectivity index (χ3n) is 5.25. The number of ether oxygens (including phenoxy) is 1. The molecule has 1 aromatic rings. The molecule has 3 amide bonds. The minimum Gasteiger partial charge on any atom is -0.493 e. The molecule has 1 aliphatic rings. The Morgan fingerprint density at radius 2 is 1.57 bits per heavy atom. The maximum Gasteiger partial charge on any atom is 0.432 e. The number of hydrogen-bond acceptors (Lipinski definition) is 12. The molecule has 250 valence electrons. The number of amides is 3. The number of carbonyl (C=O) groups excluding carboxylic acids is 3. The molecule has 0 aromatic carbocycles. The summed E-state index contributed by atoms with van der Waals surface area (Å²) in [6, 6.07) is 2.39. The van der Waals surface area contributed by atoms with Gasteiger partial charge in [-0.15, -0.1) is 5.06 Å². The summed E-state index contributed by atoms with van der Waals surface area (Å²) in [6.07, 6.45) is -2.25. The lowest BCUT2D eigenvalue weighted by molar-refractivity contribution is -0.171. The van der Waals surface area contributed by atoms with Crippen LogP contribution in [0.1, 0.15) is 30.7 Å². The highest BCUT2D eigenvalue weighted by atomic mass is 31.2. The molecule has 1 unspecified atom stereocenters. The minimum absolute atomic E-state index is 0.0218. The Labute approximate surface area is 248 Å². The lowest BCUT2D eigenvalue weighted by Crippen LogP contribution is -2.37. The number of pyridine rings is 1. The third kappa shape index (κ3) is 12.7. The molecule has 0 aliphatic carbocycles. The minimum atomic E-state index is -5.35. The van der Waals surface area contributed by atoms with Crippen LogP contribution in [0.2, 0.25) is 0 Å². The smallest absolute Gasteiger partial charge is 0.432 e. The van der Waals surface area contributed by atoms with Gasteiger partial charge in [0.2, 0.25) is 5.52 Å². The van der Waals surface area contributed by atoms with Crippen LogP contribution in [0.5, 0.6) is 5.75 Å². The van der Waals surface area contributed by atoms with E-state index in [1.165, 1.54) is 12.1 Å². The highest BCUT2D eigenvalue weighted by molar-refractivity contribution is 7.70. The van der Waals surface area contributed by atoms with Crippen LogP contribution >= 0.6 is 30.5 Å². The average Bonchev–Trinajstić information content (AvgIpc) is 3.17. The Kier molecular flexibility index (Phi) is 13.4. The van der Waals surface area contributed by atoms with Crippen LogP contribution in [0.4, 0.5) is 4.79 Å². The van der Waals surface area contributed by atoms with E-state index in [1.54, 1.807) is 0 Å². The van der Waals surface area contributed by atoms with Crippen LogP contribution < -0.4 is 15.4 Å². The van der Waals surface area contributed by atoms with E-state index in [-0.39, 0.29) is 49.6 Å². The van der Waals surface area contributed by atoms with Crippen LogP contribution in [-0.2, 0) is 50.4 Å². The summed E-state index contributed by atoms with van der Waals surface area (Å²) in [4.78, 5) is 109. The average molecular weight is 713 g/mol. The normalized spacial score (nSPS) is 16.0. The molecule has 1 fully saturated rings. The number of nitrogens with one attached hydrogen (secondary N) is 2. The van der Waals surface area contributed by atoms with Gasteiger partial charge in [-0.25, -0.2) is 9.36 Å². The maximum absolute atomic E-state index is 12.4. The highest BCUT2D eigenvalue weighted by Crippen LogP contribution is 2.58. The van der Waals surface area contributed by atoms with Crippen molar-refractivity contribution in [1.82, 2.24) is 25.4 Å². The first-order valence-corrected chi connectivity index (χ1v) is 18.8. The van der Waals surface area contributed by atoms with Crippen LogP contribution in [-0.4, -0.2) is 98.9 Å². The molecule has 2 heterocycles. The second-order valence-electron chi connectivity index (χ2n) is 9.04. The van der Waals surface area contributed by atoms with E-state index >= 15 is 0 Å². The second-order valence-corrected chi connectivity index (χ2v) is 16.4. The maximum atomic E-state index is 12.4. The summed E-state index contributed by atoms with van der Waals surface area (Å²) in [5.41, 5.74) is -2.87. The van der Waals surface area contributed by atoms with Crippen LogP contribution in [0.3, 0.4) is 0 Å². The first-order valence-electron chi connectivity index (χ1n) is 12.1. The molecule has 2 rings (SSSR count). The SMILES string of the molecule is CN(CP(=O)(O)O)P(=O)(O)OCc1cc(OCCCNC(=O)ON2C(=O)CCC2=O)cc(CNC(P(=O)(O)O)P(=O)(O)O)n1. The molecule has 1 saturated heterocycles. The predicted molar refractivity (Wildman–Crippen MR) is 144 cm³/mol. The first kappa shape index (κ1) is 38.1. The molecule has 0 spiro atoms. The number of rotatable bonds is 17. The van der Waals surface area contributed by atoms with Gasteiger partial charge in [-0.05, 0) is 13.5 Å². The molecule has 22 nitrogen and oxygen atoms in total. The van der Waals surface area contributed by atoms with E-state index in [9.17, 15) is 57.1 Å². The molecule has 44 heavy (non-hydrogen) atoms. The van der Waals surface area contributed by atoms with Crippen LogP contribution in [0.25, 0.3) is 0 Å². The fraction of sp³-hybridized carbons (Fsp3) is 0.556. The largest absolute Gasteiger partial charge is 0.493 e. The number of hydrogen-bond donors (Lipinski definition) is 9. The standard InChI is InChI=1S/C18H31N5O17P4/c1-22(11-41(27,28)29)44(36,37)39-10-13-8-14(7-12(21-13)9-20-18(42(30,31)32)43(33,34)35)38-6-2-5-19-17(26)40-23-15(24)3-4-16(23)25/h7-8,18,20H,2-6,9-11H2,1H3,(H,19,26)(H,36,37)(H2,27,28,29)(H2,30,31,32)(H2,33,34,35). The van der Waals surface area contributed by atoms with Crippen molar-refractivity contribution >= 4 is 48.4 Å². The summed E-state index contributed by atoms with van der Waals surface area (Å²) < 4.78 is 57.5. The van der Waals surface area contributed by atoms with E-state index in [2.05, 4.69) is 15.1 Å².